The van der Waals surface area contributed by atoms with Gasteiger partial charge in [-0.2, -0.15) is 0 Å². The summed E-state index contributed by atoms with van der Waals surface area (Å²) in [4.78, 5) is 16.0. The van der Waals surface area contributed by atoms with Crippen LogP contribution in [0.15, 0.2) is 60.8 Å². The Labute approximate surface area is 125 Å². The third-order valence-electron chi connectivity index (χ3n) is 4.01. The molecule has 2 aromatic carbocycles. The molecule has 104 valence electrons. The first kappa shape index (κ1) is 11.5. The fourth-order valence-electron chi connectivity index (χ4n) is 2.95. The van der Waals surface area contributed by atoms with Gasteiger partial charge in [0.1, 0.15) is 5.52 Å². The Balaban J connectivity index is 1.79. The fraction of sp³-hybridized carbons (Fsp3) is 0. The molecule has 0 aliphatic heterocycles. The molecule has 0 saturated carbocycles. The van der Waals surface area contributed by atoms with E-state index in [1.807, 2.05) is 42.6 Å². The van der Waals surface area contributed by atoms with E-state index in [1.54, 1.807) is 0 Å². The van der Waals surface area contributed by atoms with Crippen molar-refractivity contribution in [1.82, 2.24) is 19.9 Å². The molecule has 5 aromatic rings. The molecule has 22 heavy (non-hydrogen) atoms. The van der Waals surface area contributed by atoms with E-state index in [-0.39, 0.29) is 0 Å². The lowest BCUT2D eigenvalue weighted by molar-refractivity contribution is 1.34. The number of nitrogens with one attached hydrogen (secondary N) is 2. The maximum Gasteiger partial charge on any atom is 0.157 e. The van der Waals surface area contributed by atoms with Gasteiger partial charge in [0.2, 0.25) is 0 Å². The summed E-state index contributed by atoms with van der Waals surface area (Å²) in [5.74, 6) is 0. The molecule has 0 bridgehead atoms. The van der Waals surface area contributed by atoms with Crippen LogP contribution in [-0.4, -0.2) is 19.9 Å². The van der Waals surface area contributed by atoms with E-state index in [1.165, 1.54) is 5.39 Å². The molecule has 0 fully saturated rings. The predicted octanol–water partition coefficient (Wildman–Crippen LogP) is 4.26. The van der Waals surface area contributed by atoms with Crippen molar-refractivity contribution in [3.63, 3.8) is 0 Å². The van der Waals surface area contributed by atoms with Crippen molar-refractivity contribution >= 4 is 33.1 Å². The zero-order valence-corrected chi connectivity index (χ0v) is 11.7. The van der Waals surface area contributed by atoms with E-state index in [2.05, 4.69) is 38.1 Å². The lowest BCUT2D eigenvalue weighted by Gasteiger charge is -1.95. The Morgan fingerprint density at radius 2 is 1.55 bits per heavy atom. The molecule has 0 spiro atoms. The lowest BCUT2D eigenvalue weighted by atomic mass is 10.1. The van der Waals surface area contributed by atoms with Gasteiger partial charge in [-0.3, -0.25) is 0 Å². The number of aromatic amines is 2. The van der Waals surface area contributed by atoms with Crippen molar-refractivity contribution in [2.45, 2.75) is 0 Å². The molecule has 4 nitrogen and oxygen atoms in total. The van der Waals surface area contributed by atoms with E-state index >= 15 is 0 Å². The summed E-state index contributed by atoms with van der Waals surface area (Å²) in [7, 11) is 0. The number of aromatic nitrogens is 4. The average molecular weight is 284 g/mol. The van der Waals surface area contributed by atoms with Crippen LogP contribution < -0.4 is 0 Å². The minimum atomic E-state index is 0.819. The zero-order valence-electron chi connectivity index (χ0n) is 11.7. The molecule has 0 unspecified atom stereocenters. The Bertz CT molecular complexity index is 1080. The number of para-hydroxylation sites is 3. The van der Waals surface area contributed by atoms with E-state index in [4.69, 9.17) is 0 Å². The monoisotopic (exact) mass is 284 g/mol. The fourth-order valence-corrected chi connectivity index (χ4v) is 2.95. The van der Waals surface area contributed by atoms with Gasteiger partial charge in [0.25, 0.3) is 0 Å². The normalized spacial score (nSPS) is 11.6. The predicted molar refractivity (Wildman–Crippen MR) is 88.7 cm³/mol. The number of H-pyrrole nitrogens is 2. The minimum absolute atomic E-state index is 0.819. The Morgan fingerprint density at radius 1 is 0.773 bits per heavy atom. The summed E-state index contributed by atoms with van der Waals surface area (Å²) in [6.07, 6.45) is 2.02. The van der Waals surface area contributed by atoms with Crippen molar-refractivity contribution in [2.75, 3.05) is 0 Å². The highest BCUT2D eigenvalue weighted by Gasteiger charge is 2.10. The summed E-state index contributed by atoms with van der Waals surface area (Å²) < 4.78 is 0. The van der Waals surface area contributed by atoms with Crippen LogP contribution in [0.1, 0.15) is 0 Å². The first-order chi connectivity index (χ1) is 10.9. The van der Waals surface area contributed by atoms with E-state index in [9.17, 15) is 0 Å². The van der Waals surface area contributed by atoms with E-state index in [0.29, 0.717) is 0 Å². The molecule has 0 aliphatic carbocycles. The van der Waals surface area contributed by atoms with Crippen LogP contribution in [-0.2, 0) is 0 Å². The Hall–Kier alpha value is -3.14. The second-order valence-corrected chi connectivity index (χ2v) is 5.38. The summed E-state index contributed by atoms with van der Waals surface area (Å²) in [6, 6.07) is 18.3. The van der Waals surface area contributed by atoms with Crippen LogP contribution in [0.2, 0.25) is 0 Å². The highest BCUT2D eigenvalue weighted by Crippen LogP contribution is 2.29. The molecule has 3 heterocycles. The maximum atomic E-state index is 4.68. The van der Waals surface area contributed by atoms with Gasteiger partial charge < -0.3 is 9.97 Å². The maximum absolute atomic E-state index is 4.68. The molecular weight excluding hydrogens is 272 g/mol. The molecular formula is C18H12N4. The smallest absolute Gasteiger partial charge is 0.157 e. The minimum Gasteiger partial charge on any atom is -0.360 e. The summed E-state index contributed by atoms with van der Waals surface area (Å²) in [6.45, 7) is 0. The van der Waals surface area contributed by atoms with Gasteiger partial charge in [-0.1, -0.05) is 30.3 Å². The molecule has 2 N–H and O–H groups in total. The highest BCUT2D eigenvalue weighted by molar-refractivity contribution is 5.97. The van der Waals surface area contributed by atoms with Crippen LogP contribution in [0.5, 0.6) is 0 Å². The standard InChI is InChI=1S/C18H12N4/c1-2-6-13-11(5-1)12(10-19-13)16-9-17-18(22-16)21-15-8-4-3-7-14(15)20-17/h1-10,19H,(H,21,22). The topological polar surface area (TPSA) is 57.4 Å². The number of rotatable bonds is 1. The molecule has 0 radical (unpaired) electrons. The van der Waals surface area contributed by atoms with E-state index in [0.717, 1.165) is 39.0 Å². The second kappa shape index (κ2) is 4.18. The van der Waals surface area contributed by atoms with Gasteiger partial charge in [-0.25, -0.2) is 9.97 Å². The third-order valence-corrected chi connectivity index (χ3v) is 4.01. The highest BCUT2D eigenvalue weighted by atomic mass is 14.9. The van der Waals surface area contributed by atoms with Gasteiger partial charge in [-0.05, 0) is 24.3 Å². The molecule has 0 atom stereocenters. The molecule has 0 amide bonds. The van der Waals surface area contributed by atoms with Crippen molar-refractivity contribution in [3.05, 3.63) is 60.8 Å². The largest absolute Gasteiger partial charge is 0.360 e. The zero-order chi connectivity index (χ0) is 14.5. The number of hydrogen-bond donors (Lipinski definition) is 2. The van der Waals surface area contributed by atoms with Crippen molar-refractivity contribution < 1.29 is 0 Å². The Kier molecular flexibility index (Phi) is 2.19. The van der Waals surface area contributed by atoms with Crippen molar-refractivity contribution in [1.29, 1.82) is 0 Å². The van der Waals surface area contributed by atoms with Crippen LogP contribution in [0.3, 0.4) is 0 Å². The van der Waals surface area contributed by atoms with Gasteiger partial charge in [-0.15, -0.1) is 0 Å². The van der Waals surface area contributed by atoms with E-state index < -0.39 is 0 Å². The quantitative estimate of drug-likeness (QED) is 0.483. The van der Waals surface area contributed by atoms with Crippen molar-refractivity contribution in [2.24, 2.45) is 0 Å². The number of benzene rings is 2. The number of hydrogen-bond acceptors (Lipinski definition) is 2. The first-order valence-corrected chi connectivity index (χ1v) is 7.20. The SMILES string of the molecule is c1ccc2nc3[nH]c(-c4c[nH]c5ccccc45)cc3nc2c1. The van der Waals surface area contributed by atoms with Gasteiger partial charge in [0.15, 0.2) is 5.65 Å². The molecule has 3 aromatic heterocycles. The average Bonchev–Trinajstić information content (AvgIpc) is 3.15. The van der Waals surface area contributed by atoms with Gasteiger partial charge in [0.05, 0.1) is 16.7 Å². The van der Waals surface area contributed by atoms with Crippen LogP contribution >= 0.6 is 0 Å². The molecule has 5 rings (SSSR count). The summed E-state index contributed by atoms with van der Waals surface area (Å²) >= 11 is 0. The molecule has 0 saturated heterocycles. The first-order valence-electron chi connectivity index (χ1n) is 7.20. The van der Waals surface area contributed by atoms with Gasteiger partial charge >= 0.3 is 0 Å². The number of nitrogens with zero attached hydrogens (tertiary/aromatic N) is 2. The lowest BCUT2D eigenvalue weighted by Crippen LogP contribution is -1.84. The summed E-state index contributed by atoms with van der Waals surface area (Å²) in [5.41, 5.74) is 6.82. The Morgan fingerprint density at radius 3 is 2.45 bits per heavy atom. The van der Waals surface area contributed by atoms with Crippen LogP contribution in [0, 0.1) is 0 Å². The van der Waals surface area contributed by atoms with Crippen LogP contribution in [0.4, 0.5) is 0 Å². The number of fused-ring (bicyclic) bond motifs is 3. The van der Waals surface area contributed by atoms with Gasteiger partial charge in [0, 0.05) is 22.7 Å². The second-order valence-electron chi connectivity index (χ2n) is 5.38. The third kappa shape index (κ3) is 1.58. The van der Waals surface area contributed by atoms with Crippen molar-refractivity contribution in [3.8, 4) is 11.3 Å². The molecule has 4 heteroatoms. The summed E-state index contributed by atoms with van der Waals surface area (Å²) in [5, 5.41) is 1.19. The van der Waals surface area contributed by atoms with Crippen LogP contribution in [0.25, 0.3) is 44.4 Å². The molecule has 0 aliphatic rings.